The molecular weight excluding hydrogens is 198 g/mol. The summed E-state index contributed by atoms with van der Waals surface area (Å²) in [5.41, 5.74) is 3.20. The molecule has 0 bridgehead atoms. The van der Waals surface area contributed by atoms with Gasteiger partial charge in [0.2, 0.25) is 0 Å². The monoisotopic (exact) mass is 211 g/mol. The van der Waals surface area contributed by atoms with E-state index >= 15 is 0 Å². The number of nitriles is 1. The molecule has 0 saturated heterocycles. The highest BCUT2D eigenvalue weighted by atomic mass is 15.1. The predicted octanol–water partition coefficient (Wildman–Crippen LogP) is 2.60. The quantitative estimate of drug-likeness (QED) is 0.732. The molecule has 0 N–H and O–H groups in total. The summed E-state index contributed by atoms with van der Waals surface area (Å²) in [7, 11) is 0. The van der Waals surface area contributed by atoms with E-state index in [1.165, 1.54) is 5.56 Å². The third-order valence-electron chi connectivity index (χ3n) is 2.53. The first-order chi connectivity index (χ1) is 7.76. The number of nitrogens with zero attached hydrogens (tertiary/aromatic N) is 3. The minimum Gasteiger partial charge on any atom is -0.323 e. The van der Waals surface area contributed by atoms with Crippen LogP contribution in [0.2, 0.25) is 0 Å². The standard InChI is InChI=1S/C13H13N3/c1-3-8-16-12-5-4-10(2)9-11(12)15-13(16)6-7-14/h3-5,9H,1,6,8H2,2H3. The molecule has 0 aliphatic heterocycles. The van der Waals surface area contributed by atoms with Crippen molar-refractivity contribution in [2.75, 3.05) is 0 Å². The van der Waals surface area contributed by atoms with E-state index in [-0.39, 0.29) is 0 Å². The van der Waals surface area contributed by atoms with Gasteiger partial charge in [-0.15, -0.1) is 6.58 Å². The van der Waals surface area contributed by atoms with Crippen molar-refractivity contribution < 1.29 is 0 Å². The Kier molecular flexibility index (Phi) is 2.74. The average Bonchev–Trinajstić information content (AvgIpc) is 2.57. The summed E-state index contributed by atoms with van der Waals surface area (Å²) < 4.78 is 2.03. The summed E-state index contributed by atoms with van der Waals surface area (Å²) in [6.45, 7) is 6.46. The van der Waals surface area contributed by atoms with Crippen LogP contribution in [0, 0.1) is 18.3 Å². The van der Waals surface area contributed by atoms with Crippen LogP contribution in [0.4, 0.5) is 0 Å². The topological polar surface area (TPSA) is 41.6 Å². The van der Waals surface area contributed by atoms with Gasteiger partial charge < -0.3 is 4.57 Å². The first-order valence-corrected chi connectivity index (χ1v) is 5.20. The molecule has 2 rings (SSSR count). The second-order valence-electron chi connectivity index (χ2n) is 3.75. The highest BCUT2D eigenvalue weighted by molar-refractivity contribution is 5.77. The van der Waals surface area contributed by atoms with E-state index in [1.54, 1.807) is 0 Å². The summed E-state index contributed by atoms with van der Waals surface area (Å²) in [6, 6.07) is 8.28. The zero-order valence-corrected chi connectivity index (χ0v) is 9.27. The summed E-state index contributed by atoms with van der Waals surface area (Å²) in [5, 5.41) is 8.76. The fourth-order valence-electron chi connectivity index (χ4n) is 1.83. The van der Waals surface area contributed by atoms with Crippen LogP contribution in [0.3, 0.4) is 0 Å². The molecule has 0 aliphatic carbocycles. The van der Waals surface area contributed by atoms with Crippen LogP contribution >= 0.6 is 0 Å². The van der Waals surface area contributed by atoms with Crippen LogP contribution < -0.4 is 0 Å². The van der Waals surface area contributed by atoms with Gasteiger partial charge in [-0.25, -0.2) is 4.98 Å². The molecule has 0 saturated carbocycles. The Morgan fingerprint density at radius 3 is 3.06 bits per heavy atom. The van der Waals surface area contributed by atoms with Crippen molar-refractivity contribution >= 4 is 11.0 Å². The Labute approximate surface area is 94.6 Å². The Morgan fingerprint density at radius 1 is 1.56 bits per heavy atom. The molecule has 1 aromatic heterocycles. The van der Waals surface area contributed by atoms with Gasteiger partial charge in [-0.2, -0.15) is 5.26 Å². The Bertz CT molecular complexity index is 573. The largest absolute Gasteiger partial charge is 0.323 e. The summed E-state index contributed by atoms with van der Waals surface area (Å²) >= 11 is 0. The highest BCUT2D eigenvalue weighted by Crippen LogP contribution is 2.18. The second-order valence-corrected chi connectivity index (χ2v) is 3.75. The van der Waals surface area contributed by atoms with Crippen LogP contribution in [0.25, 0.3) is 11.0 Å². The van der Waals surface area contributed by atoms with Crippen LogP contribution in [-0.4, -0.2) is 9.55 Å². The molecule has 0 amide bonds. The van der Waals surface area contributed by atoms with Gasteiger partial charge in [0.25, 0.3) is 0 Å². The van der Waals surface area contributed by atoms with Crippen molar-refractivity contribution in [3.63, 3.8) is 0 Å². The van der Waals surface area contributed by atoms with E-state index in [0.29, 0.717) is 13.0 Å². The summed E-state index contributed by atoms with van der Waals surface area (Å²) in [5.74, 6) is 0.808. The molecule has 3 nitrogen and oxygen atoms in total. The van der Waals surface area contributed by atoms with Gasteiger partial charge in [0.1, 0.15) is 5.82 Å². The van der Waals surface area contributed by atoms with Crippen molar-refractivity contribution in [3.8, 4) is 6.07 Å². The van der Waals surface area contributed by atoms with Gasteiger partial charge >= 0.3 is 0 Å². The maximum absolute atomic E-state index is 8.76. The highest BCUT2D eigenvalue weighted by Gasteiger charge is 2.08. The predicted molar refractivity (Wildman–Crippen MR) is 64.0 cm³/mol. The van der Waals surface area contributed by atoms with Crippen molar-refractivity contribution in [1.29, 1.82) is 5.26 Å². The first kappa shape index (κ1) is 10.4. The number of hydrogen-bond acceptors (Lipinski definition) is 2. The molecule has 3 heteroatoms. The second kappa shape index (κ2) is 4.19. The van der Waals surface area contributed by atoms with Gasteiger partial charge in [0, 0.05) is 6.54 Å². The van der Waals surface area contributed by atoms with E-state index < -0.39 is 0 Å². The normalized spacial score (nSPS) is 10.2. The maximum atomic E-state index is 8.76. The van der Waals surface area contributed by atoms with Crippen LogP contribution in [0.15, 0.2) is 30.9 Å². The third-order valence-corrected chi connectivity index (χ3v) is 2.53. The zero-order valence-electron chi connectivity index (χ0n) is 9.27. The fourth-order valence-corrected chi connectivity index (χ4v) is 1.83. The van der Waals surface area contributed by atoms with E-state index in [2.05, 4.69) is 23.7 Å². The van der Waals surface area contributed by atoms with Crippen LogP contribution in [0.1, 0.15) is 11.4 Å². The molecular formula is C13H13N3. The smallest absolute Gasteiger partial charge is 0.124 e. The lowest BCUT2D eigenvalue weighted by atomic mass is 10.2. The maximum Gasteiger partial charge on any atom is 0.124 e. The molecule has 0 unspecified atom stereocenters. The summed E-state index contributed by atoms with van der Waals surface area (Å²) in [4.78, 5) is 4.47. The SMILES string of the molecule is C=CCn1c(CC#N)nc2cc(C)ccc21. The van der Waals surface area contributed by atoms with Gasteiger partial charge in [0.15, 0.2) is 0 Å². The lowest BCUT2D eigenvalue weighted by molar-refractivity contribution is 0.789. The number of fused-ring (bicyclic) bond motifs is 1. The average molecular weight is 211 g/mol. The molecule has 0 spiro atoms. The molecule has 0 atom stereocenters. The molecule has 0 radical (unpaired) electrons. The number of allylic oxidation sites excluding steroid dienone is 1. The number of imidazole rings is 1. The van der Waals surface area contributed by atoms with Crippen molar-refractivity contribution in [1.82, 2.24) is 9.55 Å². The van der Waals surface area contributed by atoms with Crippen molar-refractivity contribution in [2.24, 2.45) is 0 Å². The van der Waals surface area contributed by atoms with Gasteiger partial charge in [0.05, 0.1) is 23.5 Å². The minimum absolute atomic E-state index is 0.335. The number of aromatic nitrogens is 2. The molecule has 1 heterocycles. The van der Waals surface area contributed by atoms with Crippen molar-refractivity contribution in [2.45, 2.75) is 19.9 Å². The van der Waals surface area contributed by atoms with Crippen LogP contribution in [-0.2, 0) is 13.0 Å². The number of benzene rings is 1. The number of aryl methyl sites for hydroxylation is 1. The lowest BCUT2D eigenvalue weighted by Gasteiger charge is -2.03. The summed E-state index contributed by atoms with van der Waals surface area (Å²) in [6.07, 6.45) is 2.16. The van der Waals surface area contributed by atoms with Crippen molar-refractivity contribution in [3.05, 3.63) is 42.2 Å². The van der Waals surface area contributed by atoms with E-state index in [4.69, 9.17) is 5.26 Å². The van der Waals surface area contributed by atoms with Gasteiger partial charge in [-0.05, 0) is 24.6 Å². The first-order valence-electron chi connectivity index (χ1n) is 5.20. The van der Waals surface area contributed by atoms with Gasteiger partial charge in [-0.1, -0.05) is 12.1 Å². The molecule has 16 heavy (non-hydrogen) atoms. The zero-order chi connectivity index (χ0) is 11.5. The molecule has 0 aliphatic rings. The fraction of sp³-hybridized carbons (Fsp3) is 0.231. The molecule has 2 aromatic rings. The Hall–Kier alpha value is -2.08. The Morgan fingerprint density at radius 2 is 2.38 bits per heavy atom. The Balaban J connectivity index is 2.65. The lowest BCUT2D eigenvalue weighted by Crippen LogP contribution is -2.01. The number of rotatable bonds is 3. The van der Waals surface area contributed by atoms with E-state index in [9.17, 15) is 0 Å². The van der Waals surface area contributed by atoms with E-state index in [1.807, 2.05) is 29.7 Å². The molecule has 80 valence electrons. The third kappa shape index (κ3) is 1.70. The molecule has 0 fully saturated rings. The minimum atomic E-state index is 0.335. The van der Waals surface area contributed by atoms with Crippen LogP contribution in [0.5, 0.6) is 0 Å². The van der Waals surface area contributed by atoms with Gasteiger partial charge in [-0.3, -0.25) is 0 Å². The van der Waals surface area contributed by atoms with E-state index in [0.717, 1.165) is 16.9 Å². The molecule has 1 aromatic carbocycles. The number of hydrogen-bond donors (Lipinski definition) is 0.